The minimum absolute atomic E-state index is 0.00873. The third-order valence-electron chi connectivity index (χ3n) is 14.3. The summed E-state index contributed by atoms with van der Waals surface area (Å²) < 4.78 is 20.1. The van der Waals surface area contributed by atoms with Crippen molar-refractivity contribution in [3.05, 3.63) is 160 Å². The van der Waals surface area contributed by atoms with Crippen molar-refractivity contribution < 1.29 is 52.9 Å². The molecule has 2 aromatic heterocycles. The normalized spacial score (nSPS) is 14.6. The van der Waals surface area contributed by atoms with Gasteiger partial charge in [0.2, 0.25) is 11.7 Å². The van der Waals surface area contributed by atoms with E-state index in [2.05, 4.69) is 15.1 Å². The number of ketones is 1. The van der Waals surface area contributed by atoms with E-state index in [0.717, 1.165) is 56.6 Å². The fourth-order valence-corrected chi connectivity index (χ4v) is 10.3. The Labute approximate surface area is 466 Å². The van der Waals surface area contributed by atoms with Crippen molar-refractivity contribution in [1.82, 2.24) is 29.2 Å². The van der Waals surface area contributed by atoms with Crippen molar-refractivity contribution >= 4 is 63.9 Å². The van der Waals surface area contributed by atoms with Crippen LogP contribution in [0, 0.1) is 6.92 Å². The first kappa shape index (κ1) is 59.1. The monoisotopic (exact) mass is 1100 g/mol. The van der Waals surface area contributed by atoms with Gasteiger partial charge in [-0.1, -0.05) is 74.0 Å². The van der Waals surface area contributed by atoms with E-state index in [9.17, 15) is 33.6 Å². The molecule has 0 saturated carbocycles. The lowest BCUT2D eigenvalue weighted by molar-refractivity contribution is -0.145. The Balaban J connectivity index is 0.000000395. The van der Waals surface area contributed by atoms with Crippen LogP contribution < -0.4 is 10.1 Å². The Morgan fingerprint density at radius 3 is 2.00 bits per heavy atom. The maximum absolute atomic E-state index is 13.6. The van der Waals surface area contributed by atoms with Crippen LogP contribution in [0.25, 0.3) is 10.9 Å². The van der Waals surface area contributed by atoms with E-state index in [1.54, 1.807) is 95.4 Å². The van der Waals surface area contributed by atoms with Gasteiger partial charge in [-0.3, -0.25) is 43.0 Å². The number of carbonyl (C=O) groups is 7. The smallest absolute Gasteiger partial charge is 0.312 e. The molecule has 0 radical (unpaired) electrons. The number of ether oxygens (including phenoxy) is 3. The van der Waals surface area contributed by atoms with E-state index in [0.29, 0.717) is 89.0 Å². The Morgan fingerprint density at radius 1 is 0.734 bits per heavy atom. The fourth-order valence-electron chi connectivity index (χ4n) is 10.1. The summed E-state index contributed by atoms with van der Waals surface area (Å²) in [5, 5.41) is 13.3. The molecule has 79 heavy (non-hydrogen) atoms. The number of aromatic nitrogens is 2. The third-order valence-corrected chi connectivity index (χ3v) is 14.6. The molecule has 18 heteroatoms. The minimum atomic E-state index is -0.830. The summed E-state index contributed by atoms with van der Waals surface area (Å²) in [7, 11) is 1.58. The summed E-state index contributed by atoms with van der Waals surface area (Å²) in [6, 6.07) is 32.6. The van der Waals surface area contributed by atoms with Crippen LogP contribution in [0.1, 0.15) is 112 Å². The number of esters is 2. The van der Waals surface area contributed by atoms with Gasteiger partial charge in [0.25, 0.3) is 11.8 Å². The van der Waals surface area contributed by atoms with Crippen LogP contribution in [0.5, 0.6) is 5.75 Å². The van der Waals surface area contributed by atoms with Crippen molar-refractivity contribution in [2.24, 2.45) is 0 Å². The zero-order valence-corrected chi connectivity index (χ0v) is 46.3. The minimum Gasteiger partial charge on any atom is -0.497 e. The predicted molar refractivity (Wildman–Crippen MR) is 301 cm³/mol. The van der Waals surface area contributed by atoms with Crippen molar-refractivity contribution in [3.8, 4) is 5.75 Å². The summed E-state index contributed by atoms with van der Waals surface area (Å²) in [5.41, 5.74) is 4.91. The molecule has 4 aromatic carbocycles. The van der Waals surface area contributed by atoms with Crippen molar-refractivity contribution in [2.45, 2.75) is 84.2 Å². The number of carbonyl (C=O) groups excluding carboxylic acids is 6. The summed E-state index contributed by atoms with van der Waals surface area (Å²) in [6.07, 6.45) is 2.99. The first-order chi connectivity index (χ1) is 38.2. The lowest BCUT2D eigenvalue weighted by Gasteiger charge is -2.34. The molecule has 2 unspecified atom stereocenters. The van der Waals surface area contributed by atoms with Gasteiger partial charge in [0, 0.05) is 104 Å². The number of nitrogens with one attached hydrogen (secondary N) is 1. The molecule has 8 rings (SSSR count). The lowest BCUT2D eigenvalue weighted by Crippen LogP contribution is -2.49. The number of carboxylic acids is 1. The third kappa shape index (κ3) is 15.6. The molecule has 2 N–H and O–H groups in total. The SMILES string of the molecule is CCCN(CCC)C(=O)C(CCC(=O)OCCCN1CCN(CCOC(=O)Cc2c(C)n(C(=O)c3ccc(Cl)cc3)c3ccc(OC)cc23)CC1)NC(=O)c1ccccc1.O=C(c1ccccc1)c1ccc2n1CCC2C(=O)O. The summed E-state index contributed by atoms with van der Waals surface area (Å²) in [5.74, 6) is -2.28. The Kier molecular flexibility index (Phi) is 21.6. The van der Waals surface area contributed by atoms with Gasteiger partial charge < -0.3 is 39.0 Å². The van der Waals surface area contributed by atoms with Gasteiger partial charge in [0.05, 0.1) is 37.3 Å². The van der Waals surface area contributed by atoms with Gasteiger partial charge in [-0.2, -0.15) is 0 Å². The highest BCUT2D eigenvalue weighted by atomic mass is 35.5. The van der Waals surface area contributed by atoms with Gasteiger partial charge in [-0.25, -0.2) is 0 Å². The zero-order chi connectivity index (χ0) is 56.4. The van der Waals surface area contributed by atoms with Crippen LogP contribution in [0.2, 0.25) is 5.02 Å². The molecule has 4 heterocycles. The van der Waals surface area contributed by atoms with Crippen LogP contribution in [-0.2, 0) is 41.6 Å². The molecule has 0 spiro atoms. The number of fused-ring (bicyclic) bond motifs is 2. The largest absolute Gasteiger partial charge is 0.497 e. The molecule has 418 valence electrons. The molecule has 2 aliphatic heterocycles. The number of benzene rings is 4. The van der Waals surface area contributed by atoms with Crippen molar-refractivity contribution in [3.63, 3.8) is 0 Å². The highest BCUT2D eigenvalue weighted by Crippen LogP contribution is 2.33. The van der Waals surface area contributed by atoms with E-state index in [-0.39, 0.29) is 62.0 Å². The van der Waals surface area contributed by atoms with E-state index >= 15 is 0 Å². The van der Waals surface area contributed by atoms with Gasteiger partial charge in [0.1, 0.15) is 18.4 Å². The number of piperazine rings is 1. The fraction of sp³-hybridized carbons (Fsp3) is 0.393. The number of methoxy groups -OCH3 is 1. The van der Waals surface area contributed by atoms with Gasteiger partial charge >= 0.3 is 17.9 Å². The topological polar surface area (TPSA) is 199 Å². The molecular formula is C61H71ClN6O11. The lowest BCUT2D eigenvalue weighted by atomic mass is 10.1. The van der Waals surface area contributed by atoms with Crippen LogP contribution in [-0.4, -0.2) is 149 Å². The highest BCUT2D eigenvalue weighted by molar-refractivity contribution is 6.30. The summed E-state index contributed by atoms with van der Waals surface area (Å²) >= 11 is 6.05. The van der Waals surface area contributed by atoms with Gasteiger partial charge in [0.15, 0.2) is 0 Å². The number of hydrogen-bond donors (Lipinski definition) is 2. The average molecular weight is 1100 g/mol. The molecule has 0 bridgehead atoms. The number of amides is 2. The predicted octanol–water partition coefficient (Wildman–Crippen LogP) is 8.46. The maximum Gasteiger partial charge on any atom is 0.312 e. The van der Waals surface area contributed by atoms with Crippen molar-refractivity contribution in [2.75, 3.05) is 72.7 Å². The summed E-state index contributed by atoms with van der Waals surface area (Å²) in [4.78, 5) is 95.7. The second-order valence-electron chi connectivity index (χ2n) is 19.7. The molecule has 1 saturated heterocycles. The van der Waals surface area contributed by atoms with E-state index in [1.165, 1.54) is 0 Å². The first-order valence-electron chi connectivity index (χ1n) is 27.1. The molecule has 2 aliphatic rings. The second kappa shape index (κ2) is 28.9. The summed E-state index contributed by atoms with van der Waals surface area (Å²) in [6.45, 7) is 12.8. The second-order valence-corrected chi connectivity index (χ2v) is 20.1. The molecule has 17 nitrogen and oxygen atoms in total. The highest BCUT2D eigenvalue weighted by Gasteiger charge is 2.32. The Morgan fingerprint density at radius 2 is 1.37 bits per heavy atom. The number of carboxylic acid groups (broad SMARTS) is 1. The van der Waals surface area contributed by atoms with Gasteiger partial charge in [-0.15, -0.1) is 0 Å². The van der Waals surface area contributed by atoms with Crippen molar-refractivity contribution in [1.29, 1.82) is 0 Å². The molecule has 0 aliphatic carbocycles. The van der Waals surface area contributed by atoms with Crippen LogP contribution in [0.4, 0.5) is 0 Å². The number of nitrogens with zero attached hydrogens (tertiary/aromatic N) is 5. The first-order valence-corrected chi connectivity index (χ1v) is 27.5. The maximum atomic E-state index is 13.6. The Hall–Kier alpha value is -7.60. The molecule has 2 amide bonds. The quantitative estimate of drug-likeness (QED) is 0.0333. The van der Waals surface area contributed by atoms with Crippen LogP contribution in [0.3, 0.4) is 0 Å². The average Bonchev–Trinajstić information content (AvgIpc) is 4.38. The van der Waals surface area contributed by atoms with E-state index < -0.39 is 23.9 Å². The van der Waals surface area contributed by atoms with Gasteiger partial charge in [-0.05, 0) is 111 Å². The number of halogens is 1. The standard InChI is InChI=1S/C46H58ClN5O8.C15H13NO3/c1-5-21-51(22-6-2)46(57)40(48-44(55)34-11-8-7-9-12-34)18-20-42(53)59-29-10-23-49-24-26-50(27-25-49)28-30-60-43(54)32-38-33(3)52(41-19-17-37(58-4)31-39(38)41)45(56)35-13-15-36(47)16-14-35;17-14(10-4-2-1-3-5-10)13-7-6-12-11(15(18)19)8-9-16(12)13/h7-9,11-17,19,31,40H,5-6,10,18,20-30,32H2,1-4H3,(H,48,55);1-7,11H,8-9H2,(H,18,19). The molecular weight excluding hydrogens is 1030 g/mol. The van der Waals surface area contributed by atoms with E-state index in [4.69, 9.17) is 30.9 Å². The van der Waals surface area contributed by atoms with E-state index in [1.807, 2.05) is 61.7 Å². The molecule has 6 aromatic rings. The van der Waals surface area contributed by atoms with Crippen LogP contribution in [0.15, 0.2) is 115 Å². The number of rotatable bonds is 24. The number of aliphatic carboxylic acids is 1. The zero-order valence-electron chi connectivity index (χ0n) is 45.5. The molecule has 1 fully saturated rings. The molecule has 2 atom stereocenters. The number of hydrogen-bond acceptors (Lipinski definition) is 12. The van der Waals surface area contributed by atoms with Crippen LogP contribution >= 0.6 is 11.6 Å². The Bertz CT molecular complexity index is 3050.